The number of hydrogen-bond donors (Lipinski definition) is 3. The van der Waals surface area contributed by atoms with E-state index in [-0.39, 0.29) is 0 Å². The Hall–Kier alpha value is -1.52. The molecule has 0 radical (unpaired) electrons. The van der Waals surface area contributed by atoms with E-state index in [4.69, 9.17) is 16.2 Å². The second-order valence-electron chi connectivity index (χ2n) is 6.12. The third-order valence-corrected chi connectivity index (χ3v) is 5.00. The summed E-state index contributed by atoms with van der Waals surface area (Å²) in [6.07, 6.45) is 4.26. The number of hydrogen-bond acceptors (Lipinski definition) is 4. The average molecular weight is 263 g/mol. The van der Waals surface area contributed by atoms with Gasteiger partial charge in [0.25, 0.3) is 0 Å². The lowest BCUT2D eigenvalue weighted by molar-refractivity contribution is -0.143. The van der Waals surface area contributed by atoms with Gasteiger partial charge in [0.1, 0.15) is 5.82 Å². The molecule has 0 aromatic heterocycles. The minimum absolute atomic E-state index is 0.301. The largest absolute Gasteiger partial charge is 0.481 e. The Labute approximate surface area is 113 Å². The van der Waals surface area contributed by atoms with Crippen LogP contribution in [0.1, 0.15) is 32.1 Å². The molecule has 104 valence electrons. The molecule has 2 unspecified atom stereocenters. The van der Waals surface area contributed by atoms with Crippen LogP contribution in [0.25, 0.3) is 0 Å². The van der Waals surface area contributed by atoms with E-state index in [1.54, 1.807) is 0 Å². The fraction of sp³-hybridized carbons (Fsp3) is 0.714. The second-order valence-corrected chi connectivity index (χ2v) is 6.12. The summed E-state index contributed by atoms with van der Waals surface area (Å²) in [6.45, 7) is 1.74. The van der Waals surface area contributed by atoms with Crippen LogP contribution in [0.4, 0.5) is 0 Å². The number of carboxylic acid groups (broad SMARTS) is 1. The highest BCUT2D eigenvalue weighted by molar-refractivity contribution is 6.00. The summed E-state index contributed by atoms with van der Waals surface area (Å²) in [5.74, 6) is 1.40. The van der Waals surface area contributed by atoms with Gasteiger partial charge in [0.2, 0.25) is 0 Å². The van der Waals surface area contributed by atoms with Crippen molar-refractivity contribution in [1.82, 2.24) is 4.90 Å². The molecule has 0 spiro atoms. The van der Waals surface area contributed by atoms with Gasteiger partial charge >= 0.3 is 5.97 Å². The van der Waals surface area contributed by atoms with Gasteiger partial charge in [-0.25, -0.2) is 0 Å². The average Bonchev–Trinajstić information content (AvgIpc) is 2.81. The lowest BCUT2D eigenvalue weighted by Gasteiger charge is -2.54. The molecule has 2 aliphatic carbocycles. The summed E-state index contributed by atoms with van der Waals surface area (Å²) in [5.41, 5.74) is 7.94. The molecule has 2 saturated carbocycles. The topological polar surface area (TPSA) is 90.4 Å². The highest BCUT2D eigenvalue weighted by atomic mass is 16.4. The van der Waals surface area contributed by atoms with E-state index in [9.17, 15) is 4.79 Å². The Kier molecular flexibility index (Phi) is 2.99. The van der Waals surface area contributed by atoms with E-state index in [0.29, 0.717) is 29.9 Å². The number of nitrogens with two attached hydrogens (primary N) is 1. The molecule has 4 aliphatic rings. The molecule has 0 amide bonds. The van der Waals surface area contributed by atoms with Crippen molar-refractivity contribution in [3.8, 4) is 0 Å². The highest BCUT2D eigenvalue weighted by Crippen LogP contribution is 2.48. The van der Waals surface area contributed by atoms with Gasteiger partial charge in [-0.05, 0) is 43.4 Å². The number of carboxylic acids is 1. The van der Waals surface area contributed by atoms with Crippen molar-refractivity contribution in [3.63, 3.8) is 0 Å². The van der Waals surface area contributed by atoms with E-state index < -0.39 is 5.97 Å². The standard InChI is InChI=1S/C14H21N3O2/c15-12-3-1-2-10(12)14(16)17-6-8-4-9(7-17)11(8)5-13(18)19/h8-9,11,15H,1-7,16H2,(H,18,19)/b14-10+,15-12?. The zero-order valence-corrected chi connectivity index (χ0v) is 11.1. The number of aliphatic carboxylic acids is 1. The summed E-state index contributed by atoms with van der Waals surface area (Å²) in [6, 6.07) is 0. The van der Waals surface area contributed by atoms with Crippen LogP contribution in [0.3, 0.4) is 0 Å². The first-order valence-electron chi connectivity index (χ1n) is 7.09. The van der Waals surface area contributed by atoms with Gasteiger partial charge in [0.05, 0.1) is 0 Å². The summed E-state index contributed by atoms with van der Waals surface area (Å²) in [5, 5.41) is 16.8. The van der Waals surface area contributed by atoms with Crippen molar-refractivity contribution in [2.24, 2.45) is 23.5 Å². The van der Waals surface area contributed by atoms with Gasteiger partial charge in [0, 0.05) is 30.8 Å². The van der Waals surface area contributed by atoms with Gasteiger partial charge in [-0.3, -0.25) is 4.79 Å². The number of rotatable bonds is 3. The maximum Gasteiger partial charge on any atom is 0.303 e. The maximum atomic E-state index is 10.8. The molecule has 19 heavy (non-hydrogen) atoms. The van der Waals surface area contributed by atoms with Gasteiger partial charge in [-0.1, -0.05) is 0 Å². The molecule has 5 heteroatoms. The smallest absolute Gasteiger partial charge is 0.303 e. The molecule has 0 aromatic carbocycles. The molecule has 2 bridgehead atoms. The van der Waals surface area contributed by atoms with Crippen molar-refractivity contribution in [2.45, 2.75) is 32.1 Å². The Morgan fingerprint density at radius 2 is 2.05 bits per heavy atom. The first-order valence-corrected chi connectivity index (χ1v) is 7.09. The zero-order chi connectivity index (χ0) is 13.6. The molecular formula is C14H21N3O2. The van der Waals surface area contributed by atoms with Crippen LogP contribution in [0, 0.1) is 23.2 Å². The summed E-state index contributed by atoms with van der Waals surface area (Å²) in [4.78, 5) is 13.0. The van der Waals surface area contributed by atoms with Gasteiger partial charge < -0.3 is 21.1 Å². The predicted molar refractivity (Wildman–Crippen MR) is 71.7 cm³/mol. The van der Waals surface area contributed by atoms with Gasteiger partial charge in [-0.2, -0.15) is 0 Å². The lowest BCUT2D eigenvalue weighted by Crippen LogP contribution is -2.56. The molecule has 4 rings (SSSR count). The fourth-order valence-corrected chi connectivity index (χ4v) is 3.94. The summed E-state index contributed by atoms with van der Waals surface area (Å²) >= 11 is 0. The first-order chi connectivity index (χ1) is 9.06. The summed E-state index contributed by atoms with van der Waals surface area (Å²) < 4.78 is 0. The molecule has 2 saturated heterocycles. The van der Waals surface area contributed by atoms with Crippen LogP contribution in [0.15, 0.2) is 11.4 Å². The third-order valence-electron chi connectivity index (χ3n) is 5.00. The second kappa shape index (κ2) is 4.54. The van der Waals surface area contributed by atoms with Crippen LogP contribution in [0.2, 0.25) is 0 Å². The Morgan fingerprint density at radius 3 is 2.58 bits per heavy atom. The summed E-state index contributed by atoms with van der Waals surface area (Å²) in [7, 11) is 0. The van der Waals surface area contributed by atoms with E-state index in [0.717, 1.165) is 50.2 Å². The molecular weight excluding hydrogens is 242 g/mol. The monoisotopic (exact) mass is 263 g/mol. The van der Waals surface area contributed by atoms with Crippen molar-refractivity contribution < 1.29 is 9.90 Å². The fourth-order valence-electron chi connectivity index (χ4n) is 3.94. The van der Waals surface area contributed by atoms with Crippen LogP contribution in [-0.2, 0) is 4.79 Å². The Bertz CT molecular complexity index is 446. The molecule has 4 N–H and O–H groups in total. The number of nitrogens with zero attached hydrogens (tertiary/aromatic N) is 1. The number of fused-ring (bicyclic) bond motifs is 2. The van der Waals surface area contributed by atoms with Crippen LogP contribution < -0.4 is 5.73 Å². The van der Waals surface area contributed by atoms with Crippen molar-refractivity contribution in [2.75, 3.05) is 13.1 Å². The lowest BCUT2D eigenvalue weighted by atomic mass is 9.60. The minimum atomic E-state index is -0.683. The van der Waals surface area contributed by atoms with Crippen LogP contribution >= 0.6 is 0 Å². The minimum Gasteiger partial charge on any atom is -0.481 e. The van der Waals surface area contributed by atoms with Crippen molar-refractivity contribution >= 4 is 11.7 Å². The SMILES string of the molecule is N=C1CCC/C1=C(/N)N1CC2CC(C1)C2CC(=O)O. The van der Waals surface area contributed by atoms with E-state index in [2.05, 4.69) is 4.90 Å². The molecule has 4 fully saturated rings. The molecule has 0 aromatic rings. The maximum absolute atomic E-state index is 10.8. The van der Waals surface area contributed by atoms with Gasteiger partial charge in [-0.15, -0.1) is 0 Å². The number of allylic oxidation sites excluding steroid dienone is 1. The molecule has 2 heterocycles. The first kappa shape index (κ1) is 12.5. The number of nitrogens with one attached hydrogen (secondary N) is 1. The van der Waals surface area contributed by atoms with E-state index in [1.807, 2.05) is 0 Å². The third kappa shape index (κ3) is 2.11. The normalized spacial score (nSPS) is 36.1. The predicted octanol–water partition coefficient (Wildman–Crippen LogP) is 1.40. The van der Waals surface area contributed by atoms with Gasteiger partial charge in [0.15, 0.2) is 0 Å². The Balaban J connectivity index is 1.68. The van der Waals surface area contributed by atoms with Crippen molar-refractivity contribution in [1.29, 1.82) is 5.41 Å². The van der Waals surface area contributed by atoms with Crippen LogP contribution in [-0.4, -0.2) is 34.8 Å². The Morgan fingerprint density at radius 1 is 1.37 bits per heavy atom. The van der Waals surface area contributed by atoms with Crippen molar-refractivity contribution in [3.05, 3.63) is 11.4 Å². The molecule has 5 nitrogen and oxygen atoms in total. The van der Waals surface area contributed by atoms with E-state index >= 15 is 0 Å². The number of piperidine rings is 2. The van der Waals surface area contributed by atoms with E-state index in [1.165, 1.54) is 0 Å². The molecule has 2 aliphatic heterocycles. The van der Waals surface area contributed by atoms with Crippen LogP contribution in [0.5, 0.6) is 0 Å². The molecule has 2 atom stereocenters. The quantitative estimate of drug-likeness (QED) is 0.718. The highest BCUT2D eigenvalue weighted by Gasteiger charge is 2.47. The zero-order valence-electron chi connectivity index (χ0n) is 11.1. The number of carbonyl (C=O) groups is 1.